The zero-order chi connectivity index (χ0) is 14.3. The average Bonchev–Trinajstić information content (AvgIpc) is 3.16. The summed E-state index contributed by atoms with van der Waals surface area (Å²) in [5.74, 6) is 1.41. The van der Waals surface area contributed by atoms with Crippen LogP contribution in [0.2, 0.25) is 0 Å². The Morgan fingerprint density at radius 3 is 2.77 bits per heavy atom. The molecule has 0 saturated carbocycles. The molecule has 0 aliphatic carbocycles. The van der Waals surface area contributed by atoms with Gasteiger partial charge in [-0.05, 0) is 30.7 Å². The maximum atomic E-state index is 5.55. The minimum absolute atomic E-state index is 0. The largest absolute Gasteiger partial charge is 0.338 e. The van der Waals surface area contributed by atoms with Crippen LogP contribution in [0.15, 0.2) is 47.0 Å². The minimum atomic E-state index is -0.0458. The van der Waals surface area contributed by atoms with Crippen molar-refractivity contribution in [2.75, 3.05) is 13.1 Å². The number of halogens is 1. The first-order chi connectivity index (χ1) is 10.3. The molecule has 0 radical (unpaired) electrons. The highest BCUT2D eigenvalue weighted by molar-refractivity contribution is 5.94. The smallest absolute Gasteiger partial charge is 0.234 e. The molecule has 2 aromatic carbocycles. The van der Waals surface area contributed by atoms with E-state index in [1.807, 2.05) is 24.3 Å². The fourth-order valence-corrected chi connectivity index (χ4v) is 3.00. The molecule has 1 aliphatic rings. The molecule has 4 rings (SSSR count). The maximum Gasteiger partial charge on any atom is 0.234 e. The monoisotopic (exact) mass is 315 g/mol. The quantitative estimate of drug-likeness (QED) is 0.785. The van der Waals surface area contributed by atoms with Crippen LogP contribution in [-0.4, -0.2) is 23.2 Å². The summed E-state index contributed by atoms with van der Waals surface area (Å²) in [5, 5.41) is 9.92. The molecule has 1 N–H and O–H groups in total. The van der Waals surface area contributed by atoms with Crippen molar-refractivity contribution < 1.29 is 4.52 Å². The molecule has 5 heteroatoms. The van der Waals surface area contributed by atoms with Crippen molar-refractivity contribution in [1.82, 2.24) is 15.5 Å². The normalized spacial score (nSPS) is 21.0. The van der Waals surface area contributed by atoms with Crippen molar-refractivity contribution in [3.8, 4) is 11.4 Å². The fourth-order valence-electron chi connectivity index (χ4n) is 3.00. The van der Waals surface area contributed by atoms with Gasteiger partial charge in [-0.2, -0.15) is 4.98 Å². The predicted molar refractivity (Wildman–Crippen MR) is 89.3 cm³/mol. The summed E-state index contributed by atoms with van der Waals surface area (Å²) in [6.07, 6.45) is 1.03. The second-order valence-electron chi connectivity index (χ2n) is 5.94. The highest BCUT2D eigenvalue weighted by atomic mass is 35.5. The summed E-state index contributed by atoms with van der Waals surface area (Å²) in [4.78, 5) is 4.67. The van der Waals surface area contributed by atoms with Crippen molar-refractivity contribution in [3.05, 3.63) is 48.4 Å². The van der Waals surface area contributed by atoms with E-state index in [2.05, 4.69) is 40.6 Å². The fraction of sp³-hybridized carbons (Fsp3) is 0.294. The van der Waals surface area contributed by atoms with Crippen LogP contribution in [0.1, 0.15) is 19.2 Å². The van der Waals surface area contributed by atoms with Gasteiger partial charge in [0.1, 0.15) is 0 Å². The van der Waals surface area contributed by atoms with Crippen LogP contribution in [0.4, 0.5) is 0 Å². The number of rotatable bonds is 2. The molecule has 1 fully saturated rings. The lowest BCUT2D eigenvalue weighted by Crippen LogP contribution is -2.25. The summed E-state index contributed by atoms with van der Waals surface area (Å²) in [7, 11) is 0. The molecule has 22 heavy (non-hydrogen) atoms. The number of hydrogen-bond donors (Lipinski definition) is 1. The molecule has 1 unspecified atom stereocenters. The van der Waals surface area contributed by atoms with Gasteiger partial charge in [0.25, 0.3) is 0 Å². The Kier molecular flexibility index (Phi) is 3.89. The van der Waals surface area contributed by atoms with Gasteiger partial charge in [-0.1, -0.05) is 47.6 Å². The van der Waals surface area contributed by atoms with Gasteiger partial charge in [0.2, 0.25) is 11.7 Å². The molecule has 1 aliphatic heterocycles. The van der Waals surface area contributed by atoms with E-state index in [1.54, 1.807) is 0 Å². The SMILES string of the molecule is CC1(c2nc(-c3cccc4ccccc34)no2)CCNC1.Cl. The summed E-state index contributed by atoms with van der Waals surface area (Å²) in [5.41, 5.74) is 0.980. The van der Waals surface area contributed by atoms with Crippen LogP contribution >= 0.6 is 12.4 Å². The van der Waals surface area contributed by atoms with Crippen LogP contribution in [0.3, 0.4) is 0 Å². The summed E-state index contributed by atoms with van der Waals surface area (Å²) in [6, 6.07) is 14.5. The van der Waals surface area contributed by atoms with Gasteiger partial charge in [-0.3, -0.25) is 0 Å². The molecular weight excluding hydrogens is 298 g/mol. The summed E-state index contributed by atoms with van der Waals surface area (Å²) < 4.78 is 5.55. The summed E-state index contributed by atoms with van der Waals surface area (Å²) in [6.45, 7) is 4.07. The van der Waals surface area contributed by atoms with Crippen LogP contribution in [-0.2, 0) is 5.41 Å². The molecular formula is C17H18ClN3O. The highest BCUT2D eigenvalue weighted by Crippen LogP contribution is 2.32. The van der Waals surface area contributed by atoms with Crippen molar-refractivity contribution in [2.24, 2.45) is 0 Å². The zero-order valence-electron chi connectivity index (χ0n) is 12.4. The molecule has 1 aromatic heterocycles. The molecule has 4 nitrogen and oxygen atoms in total. The Bertz CT molecular complexity index is 788. The minimum Gasteiger partial charge on any atom is -0.338 e. The Labute approximate surface area is 135 Å². The highest BCUT2D eigenvalue weighted by Gasteiger charge is 2.36. The third kappa shape index (κ3) is 2.38. The first-order valence-electron chi connectivity index (χ1n) is 7.29. The van der Waals surface area contributed by atoms with E-state index in [1.165, 1.54) is 5.39 Å². The molecule has 1 atom stereocenters. The van der Waals surface area contributed by atoms with Crippen LogP contribution in [0.5, 0.6) is 0 Å². The van der Waals surface area contributed by atoms with E-state index in [-0.39, 0.29) is 17.8 Å². The van der Waals surface area contributed by atoms with Crippen molar-refractivity contribution in [1.29, 1.82) is 0 Å². The van der Waals surface area contributed by atoms with Crippen molar-refractivity contribution in [3.63, 3.8) is 0 Å². The Morgan fingerprint density at radius 1 is 1.14 bits per heavy atom. The Hall–Kier alpha value is -1.91. The number of fused-ring (bicyclic) bond motifs is 1. The lowest BCUT2D eigenvalue weighted by Gasteiger charge is -2.15. The lowest BCUT2D eigenvalue weighted by molar-refractivity contribution is 0.306. The average molecular weight is 316 g/mol. The van der Waals surface area contributed by atoms with E-state index in [0.29, 0.717) is 5.82 Å². The number of nitrogens with one attached hydrogen (secondary N) is 1. The van der Waals surface area contributed by atoms with E-state index >= 15 is 0 Å². The Balaban J connectivity index is 0.00000144. The molecule has 3 aromatic rings. The summed E-state index contributed by atoms with van der Waals surface area (Å²) >= 11 is 0. The number of hydrogen-bond acceptors (Lipinski definition) is 4. The first kappa shape index (κ1) is 15.0. The Morgan fingerprint density at radius 2 is 1.95 bits per heavy atom. The molecule has 0 bridgehead atoms. The molecule has 0 amide bonds. The van der Waals surface area contributed by atoms with Gasteiger partial charge in [0, 0.05) is 12.1 Å². The van der Waals surface area contributed by atoms with Crippen molar-refractivity contribution in [2.45, 2.75) is 18.8 Å². The van der Waals surface area contributed by atoms with Gasteiger partial charge in [0.15, 0.2) is 0 Å². The predicted octanol–water partition coefficient (Wildman–Crippen LogP) is 3.56. The third-order valence-corrected chi connectivity index (χ3v) is 4.34. The first-order valence-corrected chi connectivity index (χ1v) is 7.29. The maximum absolute atomic E-state index is 5.55. The number of nitrogens with zero attached hydrogens (tertiary/aromatic N) is 2. The lowest BCUT2D eigenvalue weighted by atomic mass is 9.90. The molecule has 1 saturated heterocycles. The zero-order valence-corrected chi connectivity index (χ0v) is 13.2. The van der Waals surface area contributed by atoms with Gasteiger partial charge in [-0.15, -0.1) is 12.4 Å². The number of aromatic nitrogens is 2. The van der Waals surface area contributed by atoms with Gasteiger partial charge in [0.05, 0.1) is 5.41 Å². The van der Waals surface area contributed by atoms with Crippen LogP contribution < -0.4 is 5.32 Å². The topological polar surface area (TPSA) is 51.0 Å². The van der Waals surface area contributed by atoms with E-state index < -0.39 is 0 Å². The van der Waals surface area contributed by atoms with Crippen LogP contribution in [0.25, 0.3) is 22.2 Å². The van der Waals surface area contributed by atoms with Crippen molar-refractivity contribution >= 4 is 23.2 Å². The van der Waals surface area contributed by atoms with Gasteiger partial charge < -0.3 is 9.84 Å². The second-order valence-corrected chi connectivity index (χ2v) is 5.94. The molecule has 114 valence electrons. The van der Waals surface area contributed by atoms with Crippen LogP contribution in [0, 0.1) is 0 Å². The molecule has 0 spiro atoms. The van der Waals surface area contributed by atoms with Gasteiger partial charge >= 0.3 is 0 Å². The molecule has 2 heterocycles. The standard InChI is InChI=1S/C17H17N3O.ClH/c1-17(9-10-18-11-17)16-19-15(20-21-16)14-8-4-6-12-5-2-3-7-13(12)14;/h2-8,18H,9-11H2,1H3;1H. The van der Waals surface area contributed by atoms with E-state index in [9.17, 15) is 0 Å². The van der Waals surface area contributed by atoms with E-state index in [4.69, 9.17) is 4.52 Å². The third-order valence-electron chi connectivity index (χ3n) is 4.34. The van der Waals surface area contributed by atoms with Gasteiger partial charge in [-0.25, -0.2) is 0 Å². The van der Waals surface area contributed by atoms with E-state index in [0.717, 1.165) is 36.4 Å². The second kappa shape index (κ2) is 5.71. The number of benzene rings is 2.